The predicted molar refractivity (Wildman–Crippen MR) is 70.7 cm³/mol. The molecule has 1 aromatic carbocycles. The van der Waals surface area contributed by atoms with E-state index in [0.717, 1.165) is 11.3 Å². The quantitative estimate of drug-likeness (QED) is 0.781. The highest BCUT2D eigenvalue weighted by Crippen LogP contribution is 2.21. The zero-order chi connectivity index (χ0) is 13.7. The molecule has 19 heavy (non-hydrogen) atoms. The maximum atomic E-state index is 8.70. The van der Waals surface area contributed by atoms with E-state index >= 15 is 0 Å². The average molecular weight is 275 g/mol. The zero-order valence-electron chi connectivity index (χ0n) is 10.7. The number of aryl methyl sites for hydroxylation is 1. The number of hydrogen-bond donors (Lipinski definition) is 0. The van der Waals surface area contributed by atoms with Crippen molar-refractivity contribution in [3.8, 4) is 11.8 Å². The number of aromatic nitrogens is 2. The van der Waals surface area contributed by atoms with Crippen molar-refractivity contribution in [3.05, 3.63) is 35.7 Å². The van der Waals surface area contributed by atoms with Crippen LogP contribution in [0.3, 0.4) is 0 Å². The zero-order valence-corrected chi connectivity index (χ0v) is 11.5. The van der Waals surface area contributed by atoms with Gasteiger partial charge in [-0.05, 0) is 43.3 Å². The first kappa shape index (κ1) is 13.4. The minimum absolute atomic E-state index is 0.217. The standard InChI is InChI=1S/C13H13N3O2S/c1-9-4-3-5-11(6-9)17-8-12-15-16-13(18-12)19-10(2)7-14/h3-6,10H,8H2,1-2H3/t10-/m0/s1. The SMILES string of the molecule is Cc1cccc(OCc2nnc(S[C@@H](C)C#N)o2)c1. The van der Waals surface area contributed by atoms with Crippen LogP contribution in [0.25, 0.3) is 0 Å². The van der Waals surface area contributed by atoms with Crippen LogP contribution >= 0.6 is 11.8 Å². The Morgan fingerprint density at radius 3 is 3.05 bits per heavy atom. The second-order valence-electron chi connectivity index (χ2n) is 3.96. The largest absolute Gasteiger partial charge is 0.484 e. The van der Waals surface area contributed by atoms with E-state index in [-0.39, 0.29) is 11.9 Å². The van der Waals surface area contributed by atoms with E-state index in [4.69, 9.17) is 14.4 Å². The maximum Gasteiger partial charge on any atom is 0.277 e. The summed E-state index contributed by atoms with van der Waals surface area (Å²) in [4.78, 5) is 0. The monoisotopic (exact) mass is 275 g/mol. The first-order valence-corrected chi connectivity index (χ1v) is 6.63. The lowest BCUT2D eigenvalue weighted by Gasteiger charge is -2.03. The summed E-state index contributed by atoms with van der Waals surface area (Å²) in [6, 6.07) is 9.82. The van der Waals surface area contributed by atoms with Gasteiger partial charge in [0.15, 0.2) is 6.61 Å². The Labute approximate surface area is 115 Å². The van der Waals surface area contributed by atoms with Crippen molar-refractivity contribution in [3.63, 3.8) is 0 Å². The molecular weight excluding hydrogens is 262 g/mol. The van der Waals surface area contributed by atoms with Gasteiger partial charge in [-0.3, -0.25) is 0 Å². The molecule has 98 valence electrons. The van der Waals surface area contributed by atoms with E-state index in [9.17, 15) is 0 Å². The van der Waals surface area contributed by atoms with Crippen molar-refractivity contribution < 1.29 is 9.15 Å². The van der Waals surface area contributed by atoms with E-state index in [1.165, 1.54) is 11.8 Å². The van der Waals surface area contributed by atoms with Crippen LogP contribution in [-0.2, 0) is 6.61 Å². The van der Waals surface area contributed by atoms with Crippen molar-refractivity contribution in [1.29, 1.82) is 5.26 Å². The Morgan fingerprint density at radius 2 is 2.32 bits per heavy atom. The summed E-state index contributed by atoms with van der Waals surface area (Å²) in [5.41, 5.74) is 1.13. The minimum Gasteiger partial charge on any atom is -0.484 e. The highest BCUT2D eigenvalue weighted by molar-refractivity contribution is 7.99. The van der Waals surface area contributed by atoms with Crippen LogP contribution in [0.15, 0.2) is 33.9 Å². The molecule has 0 aliphatic rings. The smallest absolute Gasteiger partial charge is 0.277 e. The van der Waals surface area contributed by atoms with Gasteiger partial charge < -0.3 is 9.15 Å². The topological polar surface area (TPSA) is 71.9 Å². The fraction of sp³-hybridized carbons (Fsp3) is 0.308. The van der Waals surface area contributed by atoms with E-state index < -0.39 is 0 Å². The Balaban J connectivity index is 1.92. The van der Waals surface area contributed by atoms with Gasteiger partial charge in [0.2, 0.25) is 0 Å². The lowest BCUT2D eigenvalue weighted by molar-refractivity contribution is 0.252. The van der Waals surface area contributed by atoms with Crippen molar-refractivity contribution in [2.75, 3.05) is 0 Å². The van der Waals surface area contributed by atoms with Crippen LogP contribution in [-0.4, -0.2) is 15.4 Å². The van der Waals surface area contributed by atoms with Gasteiger partial charge in [-0.15, -0.1) is 10.2 Å². The number of benzene rings is 1. The normalized spacial score (nSPS) is 11.8. The fourth-order valence-electron chi connectivity index (χ4n) is 1.37. The van der Waals surface area contributed by atoms with Crippen molar-refractivity contribution >= 4 is 11.8 Å². The number of nitriles is 1. The summed E-state index contributed by atoms with van der Waals surface area (Å²) in [7, 11) is 0. The Hall–Kier alpha value is -2.00. The molecule has 0 saturated carbocycles. The van der Waals surface area contributed by atoms with E-state index in [0.29, 0.717) is 11.1 Å². The molecule has 0 aliphatic carbocycles. The first-order valence-electron chi connectivity index (χ1n) is 5.75. The molecule has 0 bridgehead atoms. The lowest BCUT2D eigenvalue weighted by atomic mass is 10.2. The molecule has 5 nitrogen and oxygen atoms in total. The van der Waals surface area contributed by atoms with Gasteiger partial charge >= 0.3 is 0 Å². The summed E-state index contributed by atoms with van der Waals surface area (Å²) in [5, 5.41) is 16.6. The molecule has 0 unspecified atom stereocenters. The summed E-state index contributed by atoms with van der Waals surface area (Å²) in [6.07, 6.45) is 0. The van der Waals surface area contributed by atoms with Crippen molar-refractivity contribution in [2.45, 2.75) is 30.9 Å². The highest BCUT2D eigenvalue weighted by Gasteiger charge is 2.11. The van der Waals surface area contributed by atoms with Crippen LogP contribution in [0.5, 0.6) is 5.75 Å². The average Bonchev–Trinajstić information content (AvgIpc) is 2.84. The lowest BCUT2D eigenvalue weighted by Crippen LogP contribution is -1.95. The van der Waals surface area contributed by atoms with Gasteiger partial charge in [0.05, 0.1) is 11.3 Å². The predicted octanol–water partition coefficient (Wildman–Crippen LogP) is 2.96. The Bertz CT molecular complexity index is 592. The third-order valence-corrected chi connectivity index (χ3v) is 3.09. The summed E-state index contributed by atoms with van der Waals surface area (Å²) in [6.45, 7) is 3.99. The minimum atomic E-state index is -0.217. The van der Waals surface area contributed by atoms with Crippen LogP contribution in [0.2, 0.25) is 0 Å². The van der Waals surface area contributed by atoms with Gasteiger partial charge in [0.1, 0.15) is 5.75 Å². The van der Waals surface area contributed by atoms with Gasteiger partial charge in [-0.1, -0.05) is 12.1 Å². The van der Waals surface area contributed by atoms with E-state index in [2.05, 4.69) is 16.3 Å². The maximum absolute atomic E-state index is 8.70. The van der Waals surface area contributed by atoms with Crippen LogP contribution in [0.1, 0.15) is 18.4 Å². The second kappa shape index (κ2) is 6.25. The molecule has 0 radical (unpaired) electrons. The van der Waals surface area contributed by atoms with Crippen LogP contribution < -0.4 is 4.74 Å². The molecular formula is C13H13N3O2S. The molecule has 2 aromatic rings. The summed E-state index contributed by atoms with van der Waals surface area (Å²) < 4.78 is 10.9. The van der Waals surface area contributed by atoms with Crippen LogP contribution in [0, 0.1) is 18.3 Å². The molecule has 0 N–H and O–H groups in total. The molecule has 0 amide bonds. The second-order valence-corrected chi connectivity index (χ2v) is 5.25. The molecule has 0 fully saturated rings. The molecule has 0 spiro atoms. The molecule has 1 atom stereocenters. The third kappa shape index (κ3) is 4.00. The molecule has 1 heterocycles. The number of hydrogen-bond acceptors (Lipinski definition) is 6. The highest BCUT2D eigenvalue weighted by atomic mass is 32.2. The Kier molecular flexibility index (Phi) is 4.42. The fourth-order valence-corrected chi connectivity index (χ4v) is 1.96. The van der Waals surface area contributed by atoms with Gasteiger partial charge in [0.25, 0.3) is 11.1 Å². The third-order valence-electron chi connectivity index (χ3n) is 2.26. The molecule has 1 aromatic heterocycles. The van der Waals surface area contributed by atoms with Gasteiger partial charge in [-0.2, -0.15) is 5.26 Å². The van der Waals surface area contributed by atoms with Crippen molar-refractivity contribution in [1.82, 2.24) is 10.2 Å². The van der Waals surface area contributed by atoms with E-state index in [1.807, 2.05) is 31.2 Å². The molecule has 0 saturated heterocycles. The first-order chi connectivity index (χ1) is 9.17. The van der Waals surface area contributed by atoms with Gasteiger partial charge in [-0.25, -0.2) is 0 Å². The number of ether oxygens (including phenoxy) is 1. The molecule has 6 heteroatoms. The Morgan fingerprint density at radius 1 is 1.47 bits per heavy atom. The molecule has 0 aliphatic heterocycles. The molecule has 2 rings (SSSR count). The van der Waals surface area contributed by atoms with Crippen molar-refractivity contribution in [2.24, 2.45) is 0 Å². The number of rotatable bonds is 5. The summed E-state index contributed by atoms with van der Waals surface area (Å²) in [5.74, 6) is 1.16. The van der Waals surface area contributed by atoms with Gasteiger partial charge in [0, 0.05) is 0 Å². The van der Waals surface area contributed by atoms with Crippen LogP contribution in [0.4, 0.5) is 0 Å². The summed E-state index contributed by atoms with van der Waals surface area (Å²) >= 11 is 1.23. The number of thioether (sulfide) groups is 1. The van der Waals surface area contributed by atoms with E-state index in [1.54, 1.807) is 6.92 Å². The number of nitrogens with zero attached hydrogens (tertiary/aromatic N) is 3.